The van der Waals surface area contributed by atoms with Crippen LogP contribution in [0.5, 0.6) is 0 Å². The molecular formula is C14H24N4O2. The van der Waals surface area contributed by atoms with Crippen LogP contribution in [0.3, 0.4) is 0 Å². The molecule has 2 rings (SSSR count). The van der Waals surface area contributed by atoms with Crippen molar-refractivity contribution in [3.63, 3.8) is 0 Å². The summed E-state index contributed by atoms with van der Waals surface area (Å²) in [4.78, 5) is 11.2. The second kappa shape index (κ2) is 5.34. The zero-order valence-electron chi connectivity index (χ0n) is 12.6. The van der Waals surface area contributed by atoms with Gasteiger partial charge in [0.15, 0.2) is 0 Å². The molecule has 1 fully saturated rings. The van der Waals surface area contributed by atoms with Crippen LogP contribution in [0, 0.1) is 0 Å². The van der Waals surface area contributed by atoms with Gasteiger partial charge in [0, 0.05) is 19.0 Å². The molecule has 1 saturated carbocycles. The van der Waals surface area contributed by atoms with Gasteiger partial charge in [0.25, 0.3) is 0 Å². The summed E-state index contributed by atoms with van der Waals surface area (Å²) >= 11 is 0. The van der Waals surface area contributed by atoms with Gasteiger partial charge in [-0.2, -0.15) is 5.10 Å². The van der Waals surface area contributed by atoms with Crippen molar-refractivity contribution in [2.24, 2.45) is 0 Å². The maximum absolute atomic E-state index is 11.2. The summed E-state index contributed by atoms with van der Waals surface area (Å²) in [5, 5.41) is 7.11. The summed E-state index contributed by atoms with van der Waals surface area (Å²) < 4.78 is 7.16. The zero-order chi connectivity index (χ0) is 14.9. The van der Waals surface area contributed by atoms with E-state index in [0.717, 1.165) is 25.0 Å². The minimum absolute atomic E-state index is 0.0269. The molecule has 0 bridgehead atoms. The number of anilines is 1. The normalized spacial score (nSPS) is 22.8. The third kappa shape index (κ3) is 3.05. The van der Waals surface area contributed by atoms with Crippen LogP contribution in [0.2, 0.25) is 0 Å². The van der Waals surface area contributed by atoms with Gasteiger partial charge in [0.05, 0.1) is 11.2 Å². The SMILES string of the molecule is CNC(=O)O[C@@H]1CC[C@H](c2cc(N)n(C(C)(C)C)n2)C1. The first kappa shape index (κ1) is 14.7. The first-order valence-corrected chi connectivity index (χ1v) is 7.05. The van der Waals surface area contributed by atoms with Crippen LogP contribution in [-0.4, -0.2) is 29.0 Å². The van der Waals surface area contributed by atoms with Crippen molar-refractivity contribution in [1.29, 1.82) is 0 Å². The molecule has 0 aliphatic heterocycles. The van der Waals surface area contributed by atoms with Gasteiger partial charge in [-0.25, -0.2) is 9.48 Å². The predicted octanol–water partition coefficient (Wildman–Crippen LogP) is 2.21. The molecule has 20 heavy (non-hydrogen) atoms. The fraction of sp³-hybridized carbons (Fsp3) is 0.714. The highest BCUT2D eigenvalue weighted by Gasteiger charge is 2.31. The molecule has 3 N–H and O–H groups in total. The number of rotatable bonds is 2. The van der Waals surface area contributed by atoms with Crippen LogP contribution < -0.4 is 11.1 Å². The van der Waals surface area contributed by atoms with E-state index in [1.807, 2.05) is 10.7 Å². The van der Waals surface area contributed by atoms with Gasteiger partial charge < -0.3 is 15.8 Å². The third-order valence-electron chi connectivity index (χ3n) is 3.67. The second-order valence-electron chi connectivity index (χ2n) is 6.36. The second-order valence-corrected chi connectivity index (χ2v) is 6.36. The maximum Gasteiger partial charge on any atom is 0.407 e. The number of carbonyl (C=O) groups is 1. The van der Waals surface area contributed by atoms with Crippen LogP contribution in [-0.2, 0) is 10.3 Å². The highest BCUT2D eigenvalue weighted by molar-refractivity contribution is 5.66. The lowest BCUT2D eigenvalue weighted by Gasteiger charge is -2.20. The van der Waals surface area contributed by atoms with E-state index < -0.39 is 0 Å². The van der Waals surface area contributed by atoms with Crippen molar-refractivity contribution in [1.82, 2.24) is 15.1 Å². The van der Waals surface area contributed by atoms with E-state index in [9.17, 15) is 4.79 Å². The first-order chi connectivity index (χ1) is 9.31. The van der Waals surface area contributed by atoms with Gasteiger partial charge in [0.1, 0.15) is 11.9 Å². The Kier molecular flexibility index (Phi) is 3.92. The Labute approximate surface area is 119 Å². The summed E-state index contributed by atoms with van der Waals surface area (Å²) in [6.07, 6.45) is 2.27. The average molecular weight is 280 g/mol. The lowest BCUT2D eigenvalue weighted by molar-refractivity contribution is 0.102. The molecule has 1 aliphatic carbocycles. The summed E-state index contributed by atoms with van der Waals surface area (Å²) in [5.41, 5.74) is 6.91. The number of hydrogen-bond acceptors (Lipinski definition) is 4. The van der Waals surface area contributed by atoms with Crippen molar-refractivity contribution in [2.45, 2.75) is 57.6 Å². The lowest BCUT2D eigenvalue weighted by Crippen LogP contribution is -2.25. The third-order valence-corrected chi connectivity index (χ3v) is 3.67. The molecular weight excluding hydrogens is 256 g/mol. The largest absolute Gasteiger partial charge is 0.446 e. The monoisotopic (exact) mass is 280 g/mol. The smallest absolute Gasteiger partial charge is 0.407 e. The van der Waals surface area contributed by atoms with Crippen LogP contribution in [0.4, 0.5) is 10.6 Å². The number of hydrogen-bond donors (Lipinski definition) is 2. The molecule has 0 aromatic carbocycles. The number of nitrogen functional groups attached to an aromatic ring is 1. The number of nitrogens with one attached hydrogen (secondary N) is 1. The van der Waals surface area contributed by atoms with Crippen molar-refractivity contribution in [3.8, 4) is 0 Å². The molecule has 6 nitrogen and oxygen atoms in total. The van der Waals surface area contributed by atoms with Crippen LogP contribution in [0.25, 0.3) is 0 Å². The number of carbonyl (C=O) groups excluding carboxylic acids is 1. The fourth-order valence-electron chi connectivity index (χ4n) is 2.68. The van der Waals surface area contributed by atoms with Crippen molar-refractivity contribution in [2.75, 3.05) is 12.8 Å². The first-order valence-electron chi connectivity index (χ1n) is 7.05. The Morgan fingerprint density at radius 2 is 2.20 bits per heavy atom. The molecule has 2 atom stereocenters. The number of aromatic nitrogens is 2. The van der Waals surface area contributed by atoms with Crippen LogP contribution in [0.15, 0.2) is 6.07 Å². The van der Waals surface area contributed by atoms with Gasteiger partial charge in [0.2, 0.25) is 0 Å². The number of ether oxygens (including phenoxy) is 1. The summed E-state index contributed by atoms with van der Waals surface area (Å²) in [7, 11) is 1.57. The topological polar surface area (TPSA) is 82.2 Å². The van der Waals surface area contributed by atoms with E-state index >= 15 is 0 Å². The Morgan fingerprint density at radius 1 is 1.50 bits per heavy atom. The van der Waals surface area contributed by atoms with E-state index in [2.05, 4.69) is 31.2 Å². The quantitative estimate of drug-likeness (QED) is 0.870. The lowest BCUT2D eigenvalue weighted by atomic mass is 10.0. The Hall–Kier alpha value is -1.72. The molecule has 6 heteroatoms. The van der Waals surface area contributed by atoms with E-state index in [-0.39, 0.29) is 17.7 Å². The predicted molar refractivity (Wildman–Crippen MR) is 77.6 cm³/mol. The number of amides is 1. The maximum atomic E-state index is 11.2. The number of nitrogens with two attached hydrogens (primary N) is 1. The molecule has 0 saturated heterocycles. The molecule has 0 unspecified atom stereocenters. The van der Waals surface area contributed by atoms with Crippen molar-refractivity contribution < 1.29 is 9.53 Å². The molecule has 1 aliphatic rings. The van der Waals surface area contributed by atoms with E-state index in [1.54, 1.807) is 7.05 Å². The van der Waals surface area contributed by atoms with Crippen LogP contribution in [0.1, 0.15) is 51.6 Å². The van der Waals surface area contributed by atoms with Crippen LogP contribution >= 0.6 is 0 Å². The average Bonchev–Trinajstić information content (AvgIpc) is 2.94. The van der Waals surface area contributed by atoms with Crippen molar-refractivity contribution in [3.05, 3.63) is 11.8 Å². The van der Waals surface area contributed by atoms with Crippen molar-refractivity contribution >= 4 is 11.9 Å². The summed E-state index contributed by atoms with van der Waals surface area (Å²) in [6, 6.07) is 1.94. The molecule has 1 aromatic heterocycles. The highest BCUT2D eigenvalue weighted by Crippen LogP contribution is 2.36. The summed E-state index contributed by atoms with van der Waals surface area (Å²) in [5.74, 6) is 0.999. The minimum Gasteiger partial charge on any atom is -0.446 e. The minimum atomic E-state index is -0.365. The Balaban J connectivity index is 2.05. The van der Waals surface area contributed by atoms with E-state index in [4.69, 9.17) is 10.5 Å². The molecule has 1 heterocycles. The van der Waals surface area contributed by atoms with Gasteiger partial charge >= 0.3 is 6.09 Å². The Bertz CT molecular complexity index is 490. The zero-order valence-corrected chi connectivity index (χ0v) is 12.6. The van der Waals surface area contributed by atoms with Gasteiger partial charge in [-0.1, -0.05) is 0 Å². The number of nitrogens with zero attached hydrogens (tertiary/aromatic N) is 2. The van der Waals surface area contributed by atoms with E-state index in [0.29, 0.717) is 11.7 Å². The molecule has 1 amide bonds. The number of alkyl carbamates (subject to hydrolysis) is 1. The fourth-order valence-corrected chi connectivity index (χ4v) is 2.68. The standard InChI is InChI=1S/C14H24N4O2/c1-14(2,3)18-12(15)8-11(17-18)9-5-6-10(7-9)20-13(19)16-4/h8-10H,5-7,15H2,1-4H3,(H,16,19)/t9-,10+/m0/s1. The summed E-state index contributed by atoms with van der Waals surface area (Å²) in [6.45, 7) is 6.23. The molecule has 1 aromatic rings. The van der Waals surface area contributed by atoms with E-state index in [1.165, 1.54) is 0 Å². The molecule has 0 radical (unpaired) electrons. The van der Waals surface area contributed by atoms with Gasteiger partial charge in [-0.15, -0.1) is 0 Å². The van der Waals surface area contributed by atoms with Gasteiger partial charge in [-0.05, 0) is 40.0 Å². The molecule has 112 valence electrons. The Morgan fingerprint density at radius 3 is 2.75 bits per heavy atom. The van der Waals surface area contributed by atoms with Gasteiger partial charge in [-0.3, -0.25) is 0 Å². The highest BCUT2D eigenvalue weighted by atomic mass is 16.6. The molecule has 0 spiro atoms.